The largest absolute Gasteiger partial charge is 0.493 e. The van der Waals surface area contributed by atoms with Gasteiger partial charge in [0.05, 0.1) is 23.6 Å². The molecule has 3 aromatic rings. The molecule has 0 radical (unpaired) electrons. The van der Waals surface area contributed by atoms with E-state index in [4.69, 9.17) is 9.47 Å². The molecule has 4 rings (SSSR count). The lowest BCUT2D eigenvalue weighted by Crippen LogP contribution is -2.29. The van der Waals surface area contributed by atoms with Gasteiger partial charge in [0.1, 0.15) is 11.4 Å². The van der Waals surface area contributed by atoms with Crippen LogP contribution < -0.4 is 4.74 Å². The van der Waals surface area contributed by atoms with Crippen LogP contribution in [0.3, 0.4) is 0 Å². The molecule has 1 aliphatic rings. The number of carbonyl (C=O) groups is 1. The zero-order valence-electron chi connectivity index (χ0n) is 18.3. The van der Waals surface area contributed by atoms with E-state index in [1.54, 1.807) is 17.9 Å². The Morgan fingerprint density at radius 2 is 2.06 bits per heavy atom. The molecule has 0 aliphatic carbocycles. The van der Waals surface area contributed by atoms with E-state index in [0.717, 1.165) is 29.7 Å². The average Bonchev–Trinajstić information content (AvgIpc) is 3.08. The molecule has 0 amide bonds. The normalized spacial score (nSPS) is 14.6. The SMILES string of the molecule is Cn1nc(-c2ccccn2)c(-c2ccc3c(c2)CCCO3)c1C(OC(C)(C)C)C(=O)O. The van der Waals surface area contributed by atoms with Crippen LogP contribution >= 0.6 is 0 Å². The zero-order chi connectivity index (χ0) is 22.2. The van der Waals surface area contributed by atoms with Crippen molar-refractivity contribution in [3.05, 3.63) is 53.9 Å². The van der Waals surface area contributed by atoms with E-state index < -0.39 is 17.7 Å². The Kier molecular flexibility index (Phi) is 5.54. The van der Waals surface area contributed by atoms with Gasteiger partial charge in [-0.05, 0) is 69.0 Å². The lowest BCUT2D eigenvalue weighted by atomic mass is 9.94. The maximum atomic E-state index is 12.3. The minimum atomic E-state index is -1.18. The van der Waals surface area contributed by atoms with Crippen molar-refractivity contribution in [1.29, 1.82) is 0 Å². The van der Waals surface area contributed by atoms with Gasteiger partial charge >= 0.3 is 5.97 Å². The molecule has 1 aliphatic heterocycles. The van der Waals surface area contributed by atoms with Crippen LogP contribution in [0.15, 0.2) is 42.6 Å². The predicted octanol–water partition coefficient (Wildman–Crippen LogP) is 4.41. The summed E-state index contributed by atoms with van der Waals surface area (Å²) in [5.74, 6) is -0.186. The summed E-state index contributed by atoms with van der Waals surface area (Å²) in [5, 5.41) is 14.7. The van der Waals surface area contributed by atoms with Crippen molar-refractivity contribution >= 4 is 5.97 Å². The maximum Gasteiger partial charge on any atom is 0.339 e. The number of aromatic nitrogens is 3. The fraction of sp³-hybridized carbons (Fsp3) is 0.375. The highest BCUT2D eigenvalue weighted by Crippen LogP contribution is 2.40. The first-order valence-electron chi connectivity index (χ1n) is 10.4. The molecule has 0 spiro atoms. The van der Waals surface area contributed by atoms with Crippen molar-refractivity contribution in [2.45, 2.75) is 45.3 Å². The van der Waals surface area contributed by atoms with E-state index in [9.17, 15) is 9.90 Å². The number of rotatable bonds is 5. The van der Waals surface area contributed by atoms with Crippen molar-refractivity contribution in [2.75, 3.05) is 6.61 Å². The van der Waals surface area contributed by atoms with E-state index >= 15 is 0 Å². The van der Waals surface area contributed by atoms with Gasteiger partial charge in [-0.25, -0.2) is 4.79 Å². The van der Waals surface area contributed by atoms with E-state index in [0.29, 0.717) is 29.3 Å². The molecule has 31 heavy (non-hydrogen) atoms. The van der Waals surface area contributed by atoms with E-state index in [2.05, 4.69) is 16.1 Å². The summed E-state index contributed by atoms with van der Waals surface area (Å²) in [6.45, 7) is 6.24. The van der Waals surface area contributed by atoms with Gasteiger partial charge in [-0.15, -0.1) is 0 Å². The Morgan fingerprint density at radius 3 is 2.74 bits per heavy atom. The second-order valence-electron chi connectivity index (χ2n) is 8.67. The number of fused-ring (bicyclic) bond motifs is 1. The van der Waals surface area contributed by atoms with E-state index in [-0.39, 0.29) is 0 Å². The molecule has 7 nitrogen and oxygen atoms in total. The van der Waals surface area contributed by atoms with Crippen LogP contribution in [0, 0.1) is 0 Å². The molecule has 0 saturated carbocycles. The number of pyridine rings is 1. The number of nitrogens with zero attached hydrogens (tertiary/aromatic N) is 3. The van der Waals surface area contributed by atoms with Crippen LogP contribution in [0.25, 0.3) is 22.5 Å². The van der Waals surface area contributed by atoms with Crippen LogP contribution in [0.1, 0.15) is 44.6 Å². The van der Waals surface area contributed by atoms with Gasteiger partial charge in [-0.2, -0.15) is 5.10 Å². The van der Waals surface area contributed by atoms with Crippen LogP contribution in [0.4, 0.5) is 0 Å². The molecule has 0 bridgehead atoms. The highest BCUT2D eigenvalue weighted by atomic mass is 16.5. The Labute approximate surface area is 181 Å². The van der Waals surface area contributed by atoms with Gasteiger partial charge in [0.15, 0.2) is 6.10 Å². The molecular weight excluding hydrogens is 394 g/mol. The minimum absolute atomic E-state index is 0.486. The van der Waals surface area contributed by atoms with Crippen molar-refractivity contribution in [3.8, 4) is 28.3 Å². The van der Waals surface area contributed by atoms with Crippen molar-refractivity contribution in [3.63, 3.8) is 0 Å². The number of benzene rings is 1. The Bertz CT molecular complexity index is 1100. The van der Waals surface area contributed by atoms with Gasteiger partial charge < -0.3 is 14.6 Å². The number of ether oxygens (including phenoxy) is 2. The number of aryl methyl sites for hydroxylation is 2. The van der Waals surface area contributed by atoms with Crippen LogP contribution in [-0.4, -0.2) is 38.0 Å². The smallest absolute Gasteiger partial charge is 0.339 e. The summed E-state index contributed by atoms with van der Waals surface area (Å²) in [4.78, 5) is 16.8. The van der Waals surface area contributed by atoms with Gasteiger partial charge in [0.25, 0.3) is 0 Å². The van der Waals surface area contributed by atoms with Gasteiger partial charge in [0, 0.05) is 18.8 Å². The van der Waals surface area contributed by atoms with E-state index in [1.807, 2.05) is 51.1 Å². The minimum Gasteiger partial charge on any atom is -0.493 e. The van der Waals surface area contributed by atoms with E-state index in [1.165, 1.54) is 0 Å². The Balaban J connectivity index is 1.95. The lowest BCUT2D eigenvalue weighted by molar-refractivity contribution is -0.161. The first-order chi connectivity index (χ1) is 14.7. The maximum absolute atomic E-state index is 12.3. The molecule has 2 aromatic heterocycles. The number of hydrogen-bond donors (Lipinski definition) is 1. The molecule has 162 valence electrons. The lowest BCUT2D eigenvalue weighted by Gasteiger charge is -2.26. The Hall–Kier alpha value is -3.19. The summed E-state index contributed by atoms with van der Waals surface area (Å²) in [6, 6.07) is 11.6. The Morgan fingerprint density at radius 1 is 1.26 bits per heavy atom. The molecule has 1 atom stereocenters. The van der Waals surface area contributed by atoms with Gasteiger partial charge in [-0.1, -0.05) is 12.1 Å². The van der Waals surface area contributed by atoms with Crippen LogP contribution in [0.2, 0.25) is 0 Å². The quantitative estimate of drug-likeness (QED) is 0.656. The third-order valence-electron chi connectivity index (χ3n) is 5.14. The molecule has 0 fully saturated rings. The summed E-state index contributed by atoms with van der Waals surface area (Å²) in [6.07, 6.45) is 2.39. The van der Waals surface area contributed by atoms with Crippen molar-refractivity contribution in [2.24, 2.45) is 7.05 Å². The first-order valence-corrected chi connectivity index (χ1v) is 10.4. The number of aliphatic carboxylic acids is 1. The first kappa shape index (κ1) is 21.1. The third-order valence-corrected chi connectivity index (χ3v) is 5.14. The van der Waals surface area contributed by atoms with Crippen molar-refractivity contribution in [1.82, 2.24) is 14.8 Å². The predicted molar refractivity (Wildman–Crippen MR) is 117 cm³/mol. The summed E-state index contributed by atoms with van der Waals surface area (Å²) >= 11 is 0. The summed E-state index contributed by atoms with van der Waals surface area (Å²) in [5.41, 5.74) is 3.82. The second kappa shape index (κ2) is 8.15. The highest BCUT2D eigenvalue weighted by Gasteiger charge is 2.34. The summed E-state index contributed by atoms with van der Waals surface area (Å²) in [7, 11) is 1.74. The second-order valence-corrected chi connectivity index (χ2v) is 8.67. The standard InChI is InChI=1S/C24H27N3O4/c1-24(2,3)31-22(23(28)29)21-19(16-10-11-18-15(14-16)8-7-13-30-18)20(26-27(21)4)17-9-5-6-12-25-17/h5-6,9-12,14,22H,7-8,13H2,1-4H3,(H,28,29). The topological polar surface area (TPSA) is 86.5 Å². The van der Waals surface area contributed by atoms with Gasteiger partial charge in [0.2, 0.25) is 0 Å². The molecule has 1 aromatic carbocycles. The molecular formula is C24H27N3O4. The molecule has 3 heterocycles. The molecule has 0 saturated heterocycles. The van der Waals surface area contributed by atoms with Gasteiger partial charge in [-0.3, -0.25) is 9.67 Å². The number of carboxylic acid groups (broad SMARTS) is 1. The average molecular weight is 421 g/mol. The third kappa shape index (κ3) is 4.32. The van der Waals surface area contributed by atoms with Crippen LogP contribution in [-0.2, 0) is 23.0 Å². The molecule has 1 N–H and O–H groups in total. The zero-order valence-corrected chi connectivity index (χ0v) is 18.3. The number of hydrogen-bond acceptors (Lipinski definition) is 5. The fourth-order valence-electron chi connectivity index (χ4n) is 3.90. The fourth-order valence-corrected chi connectivity index (χ4v) is 3.90. The number of carboxylic acids is 1. The molecule has 1 unspecified atom stereocenters. The monoisotopic (exact) mass is 421 g/mol. The molecule has 7 heteroatoms. The summed E-state index contributed by atoms with van der Waals surface area (Å²) < 4.78 is 13.3. The van der Waals surface area contributed by atoms with Crippen LogP contribution in [0.5, 0.6) is 5.75 Å². The highest BCUT2D eigenvalue weighted by molar-refractivity contribution is 5.86. The van der Waals surface area contributed by atoms with Crippen molar-refractivity contribution < 1.29 is 19.4 Å².